The van der Waals surface area contributed by atoms with Crippen molar-refractivity contribution in [2.75, 3.05) is 0 Å². The zero-order valence-electron chi connectivity index (χ0n) is 8.17. The van der Waals surface area contributed by atoms with Crippen LogP contribution in [0.1, 0.15) is 22.8 Å². The number of alkyl halides is 3. The maximum Gasteiger partial charge on any atom is 0.417 e. The highest BCUT2D eigenvalue weighted by molar-refractivity contribution is 5.97. The Morgan fingerprint density at radius 2 is 1.75 bits per heavy atom. The van der Waals surface area contributed by atoms with Gasteiger partial charge in [0.2, 0.25) is 0 Å². The Morgan fingerprint density at radius 1 is 1.19 bits per heavy atom. The molecule has 1 aromatic rings. The van der Waals surface area contributed by atoms with Crippen LogP contribution in [0.5, 0.6) is 0 Å². The van der Waals surface area contributed by atoms with E-state index in [2.05, 4.69) is 4.74 Å². The maximum absolute atomic E-state index is 12.5. The first kappa shape index (κ1) is 12.2. The molecule has 16 heavy (non-hydrogen) atoms. The fourth-order valence-electron chi connectivity index (χ4n) is 1.09. The van der Waals surface area contributed by atoms with Crippen LogP contribution in [0, 0.1) is 0 Å². The molecular weight excluding hydrogens is 225 g/mol. The van der Waals surface area contributed by atoms with Gasteiger partial charge in [-0.05, 0) is 12.1 Å². The first-order valence-electron chi connectivity index (χ1n) is 4.21. The molecule has 0 atom stereocenters. The fourth-order valence-corrected chi connectivity index (χ4v) is 1.09. The minimum absolute atomic E-state index is 0.676. The predicted molar refractivity (Wildman–Crippen MR) is 47.5 cm³/mol. The van der Waals surface area contributed by atoms with Crippen molar-refractivity contribution in [2.45, 2.75) is 13.1 Å². The number of esters is 2. The zero-order chi connectivity index (χ0) is 12.3. The summed E-state index contributed by atoms with van der Waals surface area (Å²) in [5.41, 5.74) is -1.80. The van der Waals surface area contributed by atoms with Gasteiger partial charge >= 0.3 is 18.1 Å². The third-order valence-electron chi connectivity index (χ3n) is 1.69. The molecule has 0 heterocycles. The Kier molecular flexibility index (Phi) is 3.31. The lowest BCUT2D eigenvalue weighted by Crippen LogP contribution is -2.16. The lowest BCUT2D eigenvalue weighted by atomic mass is 10.1. The molecule has 0 aromatic heterocycles. The van der Waals surface area contributed by atoms with Crippen LogP contribution in [-0.2, 0) is 15.7 Å². The second-order valence-electron chi connectivity index (χ2n) is 2.92. The standard InChI is InChI=1S/C10H7F3O3/c1-6(14)16-9(15)7-4-2-3-5-8(7)10(11,12)13/h2-5H,1H3. The zero-order valence-corrected chi connectivity index (χ0v) is 8.17. The molecule has 0 radical (unpaired) electrons. The molecule has 0 spiro atoms. The number of hydrogen-bond donors (Lipinski definition) is 0. The lowest BCUT2D eigenvalue weighted by molar-refractivity contribution is -0.140. The van der Waals surface area contributed by atoms with E-state index in [-0.39, 0.29) is 0 Å². The molecule has 0 fully saturated rings. The highest BCUT2D eigenvalue weighted by Crippen LogP contribution is 2.32. The quantitative estimate of drug-likeness (QED) is 0.551. The molecule has 0 N–H and O–H groups in total. The molecule has 6 heteroatoms. The Labute approximate surface area is 88.8 Å². The smallest absolute Gasteiger partial charge is 0.390 e. The fraction of sp³-hybridized carbons (Fsp3) is 0.200. The van der Waals surface area contributed by atoms with Crippen molar-refractivity contribution >= 4 is 11.9 Å². The summed E-state index contributed by atoms with van der Waals surface area (Å²) in [6.45, 7) is 0.939. The topological polar surface area (TPSA) is 43.4 Å². The summed E-state index contributed by atoms with van der Waals surface area (Å²) in [5.74, 6) is -2.26. The SMILES string of the molecule is CC(=O)OC(=O)c1ccccc1C(F)(F)F. The van der Waals surface area contributed by atoms with Crippen molar-refractivity contribution in [3.63, 3.8) is 0 Å². The number of halogens is 3. The molecule has 3 nitrogen and oxygen atoms in total. The minimum Gasteiger partial charge on any atom is -0.390 e. The molecular formula is C10H7F3O3. The third kappa shape index (κ3) is 2.82. The van der Waals surface area contributed by atoms with Gasteiger partial charge in [0.25, 0.3) is 0 Å². The van der Waals surface area contributed by atoms with Crippen LogP contribution in [0.3, 0.4) is 0 Å². The predicted octanol–water partition coefficient (Wildman–Crippen LogP) is 2.41. The van der Waals surface area contributed by atoms with E-state index in [0.717, 1.165) is 25.1 Å². The van der Waals surface area contributed by atoms with E-state index in [4.69, 9.17) is 0 Å². The van der Waals surface area contributed by atoms with Crippen molar-refractivity contribution in [2.24, 2.45) is 0 Å². The molecule has 86 valence electrons. The summed E-state index contributed by atoms with van der Waals surface area (Å²) in [6, 6.07) is 4.10. The van der Waals surface area contributed by atoms with Crippen LogP contribution in [0.15, 0.2) is 24.3 Å². The van der Waals surface area contributed by atoms with E-state index < -0.39 is 29.2 Å². The second-order valence-corrected chi connectivity index (χ2v) is 2.92. The Morgan fingerprint density at radius 3 is 2.25 bits per heavy atom. The van der Waals surface area contributed by atoms with E-state index in [1.807, 2.05) is 0 Å². The second kappa shape index (κ2) is 4.34. The number of ether oxygens (including phenoxy) is 1. The van der Waals surface area contributed by atoms with Gasteiger partial charge in [0, 0.05) is 6.92 Å². The Balaban J connectivity index is 3.14. The van der Waals surface area contributed by atoms with Crippen molar-refractivity contribution in [3.8, 4) is 0 Å². The number of benzene rings is 1. The van der Waals surface area contributed by atoms with Crippen molar-refractivity contribution in [1.82, 2.24) is 0 Å². The highest BCUT2D eigenvalue weighted by atomic mass is 19.4. The molecule has 0 aliphatic rings. The van der Waals surface area contributed by atoms with E-state index in [0.29, 0.717) is 0 Å². The third-order valence-corrected chi connectivity index (χ3v) is 1.69. The van der Waals surface area contributed by atoms with Crippen LogP contribution in [0.4, 0.5) is 13.2 Å². The highest BCUT2D eigenvalue weighted by Gasteiger charge is 2.35. The van der Waals surface area contributed by atoms with Crippen LogP contribution in [-0.4, -0.2) is 11.9 Å². The number of hydrogen-bond acceptors (Lipinski definition) is 3. The molecule has 0 aliphatic heterocycles. The summed E-state index contributed by atoms with van der Waals surface area (Å²) in [5, 5.41) is 0. The number of carbonyl (C=O) groups is 2. The van der Waals surface area contributed by atoms with Gasteiger partial charge in [0.05, 0.1) is 11.1 Å². The van der Waals surface area contributed by atoms with Crippen molar-refractivity contribution in [1.29, 1.82) is 0 Å². The molecule has 0 unspecified atom stereocenters. The molecule has 0 amide bonds. The van der Waals surface area contributed by atoms with Crippen molar-refractivity contribution in [3.05, 3.63) is 35.4 Å². The summed E-state index contributed by atoms with van der Waals surface area (Å²) < 4.78 is 41.5. The first-order valence-corrected chi connectivity index (χ1v) is 4.21. The normalized spacial score (nSPS) is 11.0. The average Bonchev–Trinajstić information content (AvgIpc) is 2.15. The van der Waals surface area contributed by atoms with E-state index in [9.17, 15) is 22.8 Å². The minimum atomic E-state index is -4.66. The van der Waals surface area contributed by atoms with Crippen molar-refractivity contribution < 1.29 is 27.5 Å². The van der Waals surface area contributed by atoms with Gasteiger partial charge < -0.3 is 4.74 Å². The first-order chi connectivity index (χ1) is 7.32. The summed E-state index contributed by atoms with van der Waals surface area (Å²) in [4.78, 5) is 21.6. The Hall–Kier alpha value is -1.85. The summed E-state index contributed by atoms with van der Waals surface area (Å²) in [7, 11) is 0. The van der Waals surface area contributed by atoms with Gasteiger partial charge in [-0.3, -0.25) is 4.79 Å². The summed E-state index contributed by atoms with van der Waals surface area (Å²) in [6.07, 6.45) is -4.66. The average molecular weight is 232 g/mol. The van der Waals surface area contributed by atoms with Gasteiger partial charge in [-0.1, -0.05) is 12.1 Å². The van der Waals surface area contributed by atoms with Crippen LogP contribution >= 0.6 is 0 Å². The van der Waals surface area contributed by atoms with E-state index in [1.54, 1.807) is 0 Å². The van der Waals surface area contributed by atoms with E-state index >= 15 is 0 Å². The van der Waals surface area contributed by atoms with Gasteiger partial charge in [-0.25, -0.2) is 4.79 Å². The van der Waals surface area contributed by atoms with Gasteiger partial charge in [0.15, 0.2) is 0 Å². The van der Waals surface area contributed by atoms with Gasteiger partial charge in [-0.15, -0.1) is 0 Å². The Bertz CT molecular complexity index is 424. The van der Waals surface area contributed by atoms with Gasteiger partial charge in [-0.2, -0.15) is 13.2 Å². The largest absolute Gasteiger partial charge is 0.417 e. The van der Waals surface area contributed by atoms with Crippen LogP contribution in [0.2, 0.25) is 0 Å². The van der Waals surface area contributed by atoms with E-state index in [1.165, 1.54) is 6.07 Å². The maximum atomic E-state index is 12.5. The van der Waals surface area contributed by atoms with Crippen LogP contribution in [0.25, 0.3) is 0 Å². The molecule has 0 bridgehead atoms. The molecule has 0 aliphatic carbocycles. The summed E-state index contributed by atoms with van der Waals surface area (Å²) >= 11 is 0. The van der Waals surface area contributed by atoms with Crippen LogP contribution < -0.4 is 0 Å². The molecule has 0 saturated carbocycles. The van der Waals surface area contributed by atoms with Gasteiger partial charge in [0.1, 0.15) is 0 Å². The number of carbonyl (C=O) groups excluding carboxylic acids is 2. The number of rotatable bonds is 1. The lowest BCUT2D eigenvalue weighted by Gasteiger charge is -2.10. The molecule has 0 saturated heterocycles. The molecule has 1 aromatic carbocycles. The molecule has 1 rings (SSSR count). The monoisotopic (exact) mass is 232 g/mol.